The molecule has 2 fully saturated rings. The Morgan fingerprint density at radius 2 is 2.14 bits per heavy atom. The number of likely N-dealkylation sites (tertiary alicyclic amines) is 1. The number of nitro groups is 1. The molecule has 1 saturated carbocycles. The van der Waals surface area contributed by atoms with Gasteiger partial charge in [0.2, 0.25) is 0 Å². The SMILES string of the molecule is O=C1CCCC1C1CCCN1C(=O)c1ccc([N+](=O)[O-])s1. The maximum Gasteiger partial charge on any atom is 0.324 e. The van der Waals surface area contributed by atoms with E-state index in [1.54, 1.807) is 4.90 Å². The topological polar surface area (TPSA) is 80.5 Å². The summed E-state index contributed by atoms with van der Waals surface area (Å²) in [6, 6.07) is 2.86. The maximum absolute atomic E-state index is 12.6. The van der Waals surface area contributed by atoms with Gasteiger partial charge in [-0.3, -0.25) is 19.7 Å². The molecule has 0 N–H and O–H groups in total. The van der Waals surface area contributed by atoms with Gasteiger partial charge < -0.3 is 4.90 Å². The zero-order valence-electron chi connectivity index (χ0n) is 11.5. The van der Waals surface area contributed by atoms with Gasteiger partial charge in [-0.05, 0) is 31.7 Å². The molecule has 1 aromatic rings. The summed E-state index contributed by atoms with van der Waals surface area (Å²) in [4.78, 5) is 36.9. The Morgan fingerprint density at radius 3 is 2.76 bits per heavy atom. The van der Waals surface area contributed by atoms with E-state index in [1.807, 2.05) is 0 Å². The molecule has 1 aromatic heterocycles. The maximum atomic E-state index is 12.6. The van der Waals surface area contributed by atoms with Crippen LogP contribution >= 0.6 is 11.3 Å². The molecule has 7 heteroatoms. The molecule has 0 spiro atoms. The van der Waals surface area contributed by atoms with Crippen LogP contribution in [-0.2, 0) is 4.79 Å². The first kappa shape index (κ1) is 14.2. The van der Waals surface area contributed by atoms with Crippen LogP contribution in [0, 0.1) is 16.0 Å². The Labute approximate surface area is 125 Å². The van der Waals surface area contributed by atoms with Gasteiger partial charge in [0.05, 0.1) is 9.80 Å². The van der Waals surface area contributed by atoms with Crippen LogP contribution in [0.15, 0.2) is 12.1 Å². The standard InChI is InChI=1S/C14H16N2O4S/c17-11-5-1-3-9(11)10-4-2-8-15(10)14(18)12-6-7-13(21-12)16(19)20/h6-7,9-10H,1-5,8H2. The Morgan fingerprint density at radius 1 is 1.33 bits per heavy atom. The van der Waals surface area contributed by atoms with Gasteiger partial charge in [-0.2, -0.15) is 0 Å². The van der Waals surface area contributed by atoms with Gasteiger partial charge in [-0.25, -0.2) is 0 Å². The van der Waals surface area contributed by atoms with Crippen molar-refractivity contribution in [3.63, 3.8) is 0 Å². The zero-order chi connectivity index (χ0) is 15.0. The van der Waals surface area contributed by atoms with Crippen LogP contribution in [-0.4, -0.2) is 34.1 Å². The minimum atomic E-state index is -0.483. The second-order valence-corrected chi connectivity index (χ2v) is 6.63. The Balaban J connectivity index is 1.79. The largest absolute Gasteiger partial charge is 0.334 e. The molecule has 2 atom stereocenters. The number of carbonyl (C=O) groups is 2. The van der Waals surface area contributed by atoms with Crippen LogP contribution < -0.4 is 0 Å². The number of thiophene rings is 1. The molecule has 0 radical (unpaired) electrons. The third kappa shape index (κ3) is 2.57. The monoisotopic (exact) mass is 308 g/mol. The van der Waals surface area contributed by atoms with Gasteiger partial charge in [0.25, 0.3) is 5.91 Å². The highest BCUT2D eigenvalue weighted by Crippen LogP contribution is 2.35. The summed E-state index contributed by atoms with van der Waals surface area (Å²) in [5, 5.41) is 10.7. The van der Waals surface area contributed by atoms with Gasteiger partial charge in [-0.15, -0.1) is 0 Å². The number of carbonyl (C=O) groups excluding carboxylic acids is 2. The molecule has 6 nitrogen and oxygen atoms in total. The highest BCUT2D eigenvalue weighted by Gasteiger charge is 2.40. The molecule has 3 rings (SSSR count). The first-order valence-corrected chi connectivity index (χ1v) is 7.97. The average Bonchev–Trinajstić information content (AvgIpc) is 3.17. The molecular formula is C14H16N2O4S. The van der Waals surface area contributed by atoms with E-state index in [0.29, 0.717) is 17.8 Å². The predicted molar refractivity (Wildman–Crippen MR) is 77.4 cm³/mol. The highest BCUT2D eigenvalue weighted by atomic mass is 32.1. The molecule has 1 aliphatic heterocycles. The molecule has 2 aliphatic rings. The van der Waals surface area contributed by atoms with E-state index in [0.717, 1.165) is 37.0 Å². The van der Waals surface area contributed by atoms with Gasteiger partial charge in [0.15, 0.2) is 0 Å². The second kappa shape index (κ2) is 5.55. The summed E-state index contributed by atoms with van der Waals surface area (Å²) in [5.41, 5.74) is 0. The number of Topliss-reactive ketones (excluding diaryl/α,β-unsaturated/α-hetero) is 1. The van der Waals surface area contributed by atoms with Crippen molar-refractivity contribution >= 4 is 28.0 Å². The lowest BCUT2D eigenvalue weighted by Crippen LogP contribution is -2.41. The molecule has 112 valence electrons. The van der Waals surface area contributed by atoms with Gasteiger partial charge in [-0.1, -0.05) is 11.3 Å². The lowest BCUT2D eigenvalue weighted by molar-refractivity contribution is -0.380. The normalized spacial score (nSPS) is 25.5. The van der Waals surface area contributed by atoms with E-state index < -0.39 is 4.92 Å². The van der Waals surface area contributed by atoms with E-state index in [4.69, 9.17) is 0 Å². The quantitative estimate of drug-likeness (QED) is 0.635. The lowest BCUT2D eigenvalue weighted by atomic mass is 9.95. The Kier molecular flexibility index (Phi) is 3.75. The summed E-state index contributed by atoms with van der Waals surface area (Å²) in [7, 11) is 0. The minimum absolute atomic E-state index is 0.0198. The van der Waals surface area contributed by atoms with Crippen molar-refractivity contribution in [1.29, 1.82) is 0 Å². The van der Waals surface area contributed by atoms with Crippen molar-refractivity contribution in [2.75, 3.05) is 6.54 Å². The molecule has 2 heterocycles. The summed E-state index contributed by atoms with van der Waals surface area (Å²) >= 11 is 0.906. The van der Waals surface area contributed by atoms with E-state index in [2.05, 4.69) is 0 Å². The number of ketones is 1. The number of hydrogen-bond acceptors (Lipinski definition) is 5. The fourth-order valence-electron chi connectivity index (χ4n) is 3.39. The molecule has 0 bridgehead atoms. The predicted octanol–water partition coefficient (Wildman–Crippen LogP) is 2.63. The zero-order valence-corrected chi connectivity index (χ0v) is 12.3. The van der Waals surface area contributed by atoms with Gasteiger partial charge in [0, 0.05) is 31.0 Å². The van der Waals surface area contributed by atoms with E-state index in [9.17, 15) is 19.7 Å². The minimum Gasteiger partial charge on any atom is -0.334 e. The first-order valence-electron chi connectivity index (χ1n) is 7.16. The average molecular weight is 308 g/mol. The molecule has 1 aliphatic carbocycles. The smallest absolute Gasteiger partial charge is 0.324 e. The van der Waals surface area contributed by atoms with Crippen LogP contribution in [0.1, 0.15) is 41.8 Å². The van der Waals surface area contributed by atoms with E-state index in [-0.39, 0.29) is 28.7 Å². The van der Waals surface area contributed by atoms with E-state index in [1.165, 1.54) is 12.1 Å². The number of rotatable bonds is 3. The van der Waals surface area contributed by atoms with Crippen LogP contribution in [0.3, 0.4) is 0 Å². The molecule has 21 heavy (non-hydrogen) atoms. The third-order valence-electron chi connectivity index (χ3n) is 4.36. The summed E-state index contributed by atoms with van der Waals surface area (Å²) in [6.07, 6.45) is 4.14. The Bertz CT molecular complexity index is 598. The molecule has 1 amide bonds. The van der Waals surface area contributed by atoms with Crippen molar-refractivity contribution in [2.24, 2.45) is 5.92 Å². The number of hydrogen-bond donors (Lipinski definition) is 0. The Hall–Kier alpha value is -1.76. The van der Waals surface area contributed by atoms with E-state index >= 15 is 0 Å². The summed E-state index contributed by atoms with van der Waals surface area (Å²) in [6.45, 7) is 0.638. The van der Waals surface area contributed by atoms with Crippen LogP contribution in [0.25, 0.3) is 0 Å². The van der Waals surface area contributed by atoms with Crippen LogP contribution in [0.5, 0.6) is 0 Å². The first-order chi connectivity index (χ1) is 10.1. The van der Waals surface area contributed by atoms with Crippen molar-refractivity contribution in [3.8, 4) is 0 Å². The van der Waals surface area contributed by atoms with Crippen LogP contribution in [0.2, 0.25) is 0 Å². The third-order valence-corrected chi connectivity index (χ3v) is 5.38. The lowest BCUT2D eigenvalue weighted by Gasteiger charge is -2.28. The summed E-state index contributed by atoms with van der Waals surface area (Å²) < 4.78 is 0. The van der Waals surface area contributed by atoms with Crippen molar-refractivity contribution in [1.82, 2.24) is 4.90 Å². The fourth-order valence-corrected chi connectivity index (χ4v) is 4.17. The number of amides is 1. The van der Waals surface area contributed by atoms with Gasteiger partial charge >= 0.3 is 5.00 Å². The second-order valence-electron chi connectivity index (χ2n) is 5.57. The highest BCUT2D eigenvalue weighted by molar-refractivity contribution is 7.17. The van der Waals surface area contributed by atoms with Crippen molar-refractivity contribution < 1.29 is 14.5 Å². The molecule has 1 saturated heterocycles. The molecular weight excluding hydrogens is 292 g/mol. The van der Waals surface area contributed by atoms with Crippen LogP contribution in [0.4, 0.5) is 5.00 Å². The summed E-state index contributed by atoms with van der Waals surface area (Å²) in [5.74, 6) is 0.0542. The molecule has 2 unspecified atom stereocenters. The number of nitrogens with zero attached hydrogens (tertiary/aromatic N) is 2. The molecule has 0 aromatic carbocycles. The fraction of sp³-hybridized carbons (Fsp3) is 0.571. The van der Waals surface area contributed by atoms with Crippen molar-refractivity contribution in [3.05, 3.63) is 27.1 Å². The van der Waals surface area contributed by atoms with Gasteiger partial charge in [0.1, 0.15) is 5.78 Å². The van der Waals surface area contributed by atoms with Crippen molar-refractivity contribution in [2.45, 2.75) is 38.1 Å².